The molecule has 84 valence electrons. The summed E-state index contributed by atoms with van der Waals surface area (Å²) in [4.78, 5) is 11.7. The zero-order valence-corrected chi connectivity index (χ0v) is 10.0. The molecule has 1 aromatic carbocycles. The van der Waals surface area contributed by atoms with E-state index in [1.165, 1.54) is 0 Å². The second-order valence-electron chi connectivity index (χ2n) is 3.64. The lowest BCUT2D eigenvalue weighted by Crippen LogP contribution is -2.12. The first kappa shape index (κ1) is 11.3. The van der Waals surface area contributed by atoms with Gasteiger partial charge in [0, 0.05) is 29.1 Å². The summed E-state index contributed by atoms with van der Waals surface area (Å²) in [5.74, 6) is 2.85. The van der Waals surface area contributed by atoms with Crippen LogP contribution in [0.1, 0.15) is 12.0 Å². The molecule has 16 heavy (non-hydrogen) atoms. The van der Waals surface area contributed by atoms with Crippen molar-refractivity contribution in [2.24, 2.45) is 0 Å². The van der Waals surface area contributed by atoms with E-state index >= 15 is 0 Å². The number of ether oxygens (including phenoxy) is 1. The predicted molar refractivity (Wildman–Crippen MR) is 67.9 cm³/mol. The summed E-state index contributed by atoms with van der Waals surface area (Å²) in [5.41, 5.74) is 1.89. The highest BCUT2D eigenvalue weighted by molar-refractivity contribution is 7.99. The van der Waals surface area contributed by atoms with Crippen LogP contribution in [0.2, 0.25) is 0 Å². The van der Waals surface area contributed by atoms with Gasteiger partial charge in [0.1, 0.15) is 5.75 Å². The third kappa shape index (κ3) is 2.47. The number of ketones is 1. The van der Waals surface area contributed by atoms with Gasteiger partial charge < -0.3 is 4.74 Å². The Morgan fingerprint density at radius 2 is 2.19 bits per heavy atom. The van der Waals surface area contributed by atoms with Gasteiger partial charge in [-0.05, 0) is 12.1 Å². The van der Waals surface area contributed by atoms with Gasteiger partial charge in [0.05, 0.1) is 7.11 Å². The second-order valence-corrected chi connectivity index (χ2v) is 4.74. The lowest BCUT2D eigenvalue weighted by molar-refractivity contribution is -0.115. The van der Waals surface area contributed by atoms with Crippen LogP contribution in [0.15, 0.2) is 29.8 Å². The minimum absolute atomic E-state index is 0.268. The van der Waals surface area contributed by atoms with Gasteiger partial charge in [-0.3, -0.25) is 4.79 Å². The average molecular weight is 234 g/mol. The zero-order chi connectivity index (χ0) is 11.4. The molecule has 1 aliphatic heterocycles. The summed E-state index contributed by atoms with van der Waals surface area (Å²) in [5, 5.41) is 0. The predicted octanol–water partition coefficient (Wildman–Crippen LogP) is 2.78. The van der Waals surface area contributed by atoms with Crippen molar-refractivity contribution in [2.45, 2.75) is 6.42 Å². The highest BCUT2D eigenvalue weighted by Crippen LogP contribution is 2.25. The number of para-hydroxylation sites is 1. The van der Waals surface area contributed by atoms with Gasteiger partial charge >= 0.3 is 0 Å². The van der Waals surface area contributed by atoms with E-state index in [0.717, 1.165) is 28.4 Å². The van der Waals surface area contributed by atoms with E-state index in [0.29, 0.717) is 6.42 Å². The summed E-state index contributed by atoms with van der Waals surface area (Å²) in [6, 6.07) is 7.76. The Bertz CT molecular complexity index is 424. The van der Waals surface area contributed by atoms with Crippen LogP contribution in [0.3, 0.4) is 0 Å². The van der Waals surface area contributed by atoms with E-state index < -0.39 is 0 Å². The van der Waals surface area contributed by atoms with Crippen LogP contribution in [0, 0.1) is 0 Å². The van der Waals surface area contributed by atoms with Gasteiger partial charge in [0.2, 0.25) is 0 Å². The van der Waals surface area contributed by atoms with E-state index in [1.807, 2.05) is 42.1 Å². The molecule has 2 rings (SSSR count). The van der Waals surface area contributed by atoms with Crippen LogP contribution in [-0.2, 0) is 4.79 Å². The molecule has 0 aromatic heterocycles. The smallest absolute Gasteiger partial charge is 0.160 e. The Balaban J connectivity index is 2.30. The summed E-state index contributed by atoms with van der Waals surface area (Å²) in [6.45, 7) is 0. The number of thioether (sulfide) groups is 1. The van der Waals surface area contributed by atoms with E-state index in [-0.39, 0.29) is 5.78 Å². The van der Waals surface area contributed by atoms with E-state index in [1.54, 1.807) is 7.11 Å². The standard InChI is InChI=1S/C13H14O2S/c1-15-13-5-3-2-4-10(13)8-11-9-16-7-6-12(11)14/h2-5,8H,6-7,9H2,1H3/b11-8+. The molecule has 0 amide bonds. The number of carbonyl (C=O) groups excluding carboxylic acids is 1. The number of Topliss-reactive ketones (excluding diaryl/α,β-unsaturated/α-hetero) is 1. The number of carbonyl (C=O) groups is 1. The van der Waals surface area contributed by atoms with E-state index in [4.69, 9.17) is 4.74 Å². The van der Waals surface area contributed by atoms with Crippen molar-refractivity contribution in [3.8, 4) is 5.75 Å². The summed E-state index contributed by atoms with van der Waals surface area (Å²) in [6.07, 6.45) is 2.61. The van der Waals surface area contributed by atoms with E-state index in [2.05, 4.69) is 0 Å². The lowest BCUT2D eigenvalue weighted by Gasteiger charge is -2.13. The molecule has 1 aromatic rings. The minimum atomic E-state index is 0.268. The van der Waals surface area contributed by atoms with Crippen molar-refractivity contribution in [2.75, 3.05) is 18.6 Å². The van der Waals surface area contributed by atoms with Gasteiger partial charge in [-0.2, -0.15) is 11.8 Å². The second kappa shape index (κ2) is 5.21. The molecule has 0 radical (unpaired) electrons. The number of rotatable bonds is 2. The average Bonchev–Trinajstić information content (AvgIpc) is 2.33. The maximum atomic E-state index is 11.7. The van der Waals surface area contributed by atoms with Crippen LogP contribution in [-0.4, -0.2) is 24.4 Å². The number of hydrogen-bond donors (Lipinski definition) is 0. The topological polar surface area (TPSA) is 26.3 Å². The van der Waals surface area contributed by atoms with Crippen LogP contribution in [0.5, 0.6) is 5.75 Å². The third-order valence-corrected chi connectivity index (χ3v) is 3.57. The molecule has 0 saturated carbocycles. The first-order chi connectivity index (χ1) is 7.81. The van der Waals surface area contributed by atoms with Crippen LogP contribution >= 0.6 is 11.8 Å². The first-order valence-corrected chi connectivity index (χ1v) is 6.41. The quantitative estimate of drug-likeness (QED) is 0.736. The molecule has 0 N–H and O–H groups in total. The number of benzene rings is 1. The number of methoxy groups -OCH3 is 1. The Morgan fingerprint density at radius 1 is 1.38 bits per heavy atom. The van der Waals surface area contributed by atoms with Gasteiger partial charge in [-0.15, -0.1) is 0 Å². The fraction of sp³-hybridized carbons (Fsp3) is 0.308. The highest BCUT2D eigenvalue weighted by atomic mass is 32.2. The van der Waals surface area contributed by atoms with Gasteiger partial charge in [0.25, 0.3) is 0 Å². The molecule has 3 heteroatoms. The van der Waals surface area contributed by atoms with Crippen LogP contribution in [0.4, 0.5) is 0 Å². The van der Waals surface area contributed by atoms with Crippen LogP contribution in [0.25, 0.3) is 6.08 Å². The molecule has 0 bridgehead atoms. The molecule has 0 aliphatic carbocycles. The van der Waals surface area contributed by atoms with Gasteiger partial charge in [-0.25, -0.2) is 0 Å². The molecule has 0 atom stereocenters. The molecular weight excluding hydrogens is 220 g/mol. The molecular formula is C13H14O2S. The van der Waals surface area contributed by atoms with Crippen molar-refractivity contribution in [3.63, 3.8) is 0 Å². The molecule has 1 aliphatic rings. The highest BCUT2D eigenvalue weighted by Gasteiger charge is 2.15. The molecule has 1 fully saturated rings. The van der Waals surface area contributed by atoms with Gasteiger partial charge in [0.15, 0.2) is 5.78 Å². The van der Waals surface area contributed by atoms with Gasteiger partial charge in [-0.1, -0.05) is 18.2 Å². The normalized spacial score (nSPS) is 18.8. The number of hydrogen-bond acceptors (Lipinski definition) is 3. The maximum Gasteiger partial charge on any atom is 0.160 e. The molecule has 0 unspecified atom stereocenters. The monoisotopic (exact) mass is 234 g/mol. The summed E-state index contributed by atoms with van der Waals surface area (Å²) < 4.78 is 5.26. The molecule has 1 heterocycles. The Labute approximate surface area is 99.7 Å². The van der Waals surface area contributed by atoms with Crippen molar-refractivity contribution in [3.05, 3.63) is 35.4 Å². The zero-order valence-electron chi connectivity index (χ0n) is 9.23. The third-order valence-electron chi connectivity index (χ3n) is 2.56. The Morgan fingerprint density at radius 3 is 2.94 bits per heavy atom. The Hall–Kier alpha value is -1.22. The van der Waals surface area contributed by atoms with E-state index in [9.17, 15) is 4.79 Å². The van der Waals surface area contributed by atoms with Crippen molar-refractivity contribution in [1.82, 2.24) is 0 Å². The summed E-state index contributed by atoms with van der Waals surface area (Å²) in [7, 11) is 1.65. The van der Waals surface area contributed by atoms with Crippen molar-refractivity contribution in [1.29, 1.82) is 0 Å². The van der Waals surface area contributed by atoms with Crippen molar-refractivity contribution < 1.29 is 9.53 Å². The fourth-order valence-corrected chi connectivity index (χ4v) is 2.62. The Kier molecular flexibility index (Phi) is 3.67. The minimum Gasteiger partial charge on any atom is -0.496 e. The molecule has 0 spiro atoms. The first-order valence-electron chi connectivity index (χ1n) is 5.26. The fourth-order valence-electron chi connectivity index (χ4n) is 1.68. The van der Waals surface area contributed by atoms with Crippen molar-refractivity contribution >= 4 is 23.6 Å². The SMILES string of the molecule is COc1ccccc1/C=C1\CSCCC1=O. The summed E-state index contributed by atoms with van der Waals surface area (Å²) >= 11 is 1.81. The van der Waals surface area contributed by atoms with Crippen LogP contribution < -0.4 is 4.74 Å². The molecule has 1 saturated heterocycles. The lowest BCUT2D eigenvalue weighted by atomic mass is 10.1. The maximum absolute atomic E-state index is 11.7. The molecule has 2 nitrogen and oxygen atoms in total. The largest absolute Gasteiger partial charge is 0.496 e.